The summed E-state index contributed by atoms with van der Waals surface area (Å²) in [7, 11) is 0. The van der Waals surface area contributed by atoms with E-state index in [1.165, 1.54) is 6.07 Å². The molecule has 1 aromatic rings. The molecular formula is C14H16BrFO2. The zero-order valence-electron chi connectivity index (χ0n) is 10.0. The summed E-state index contributed by atoms with van der Waals surface area (Å²) in [4.78, 5) is 12.1. The Morgan fingerprint density at radius 1 is 1.33 bits per heavy atom. The van der Waals surface area contributed by atoms with E-state index in [4.69, 9.17) is 0 Å². The SMILES string of the molecule is O=C(c1cccc(Br)c1F)C(O)C1CCCCC1. The van der Waals surface area contributed by atoms with Crippen molar-refractivity contribution in [2.75, 3.05) is 0 Å². The van der Waals surface area contributed by atoms with Gasteiger partial charge in [-0.25, -0.2) is 4.39 Å². The van der Waals surface area contributed by atoms with Gasteiger partial charge in [0, 0.05) is 0 Å². The molecule has 0 bridgehead atoms. The topological polar surface area (TPSA) is 37.3 Å². The average Bonchev–Trinajstić information content (AvgIpc) is 2.41. The second-order valence-electron chi connectivity index (χ2n) is 4.81. The van der Waals surface area contributed by atoms with Gasteiger partial charge in [0.25, 0.3) is 0 Å². The van der Waals surface area contributed by atoms with E-state index in [0.29, 0.717) is 0 Å². The highest BCUT2D eigenvalue weighted by atomic mass is 79.9. The normalized spacial score (nSPS) is 18.6. The molecule has 0 aliphatic heterocycles. The molecule has 1 aliphatic rings. The van der Waals surface area contributed by atoms with Gasteiger partial charge in [-0.15, -0.1) is 0 Å². The first-order chi connectivity index (χ1) is 8.61. The number of halogens is 2. The molecule has 2 rings (SSSR count). The molecule has 1 N–H and O–H groups in total. The van der Waals surface area contributed by atoms with E-state index in [2.05, 4.69) is 15.9 Å². The maximum absolute atomic E-state index is 13.8. The van der Waals surface area contributed by atoms with Crippen LogP contribution in [0.3, 0.4) is 0 Å². The zero-order valence-corrected chi connectivity index (χ0v) is 11.6. The van der Waals surface area contributed by atoms with Crippen LogP contribution < -0.4 is 0 Å². The first-order valence-corrected chi connectivity index (χ1v) is 7.07. The Kier molecular flexibility index (Phi) is 4.51. The summed E-state index contributed by atoms with van der Waals surface area (Å²) in [6.07, 6.45) is 3.86. The van der Waals surface area contributed by atoms with Crippen molar-refractivity contribution in [3.8, 4) is 0 Å². The molecule has 4 heteroatoms. The highest BCUT2D eigenvalue weighted by Gasteiger charge is 2.29. The van der Waals surface area contributed by atoms with Crippen molar-refractivity contribution < 1.29 is 14.3 Å². The van der Waals surface area contributed by atoms with Gasteiger partial charge in [-0.1, -0.05) is 25.3 Å². The number of hydrogen-bond acceptors (Lipinski definition) is 2. The van der Waals surface area contributed by atoms with Gasteiger partial charge >= 0.3 is 0 Å². The molecular weight excluding hydrogens is 299 g/mol. The molecule has 2 nitrogen and oxygen atoms in total. The fourth-order valence-electron chi connectivity index (χ4n) is 2.52. The average molecular weight is 315 g/mol. The summed E-state index contributed by atoms with van der Waals surface area (Å²) in [5.41, 5.74) is -0.0255. The summed E-state index contributed by atoms with van der Waals surface area (Å²) in [5.74, 6) is -1.11. The van der Waals surface area contributed by atoms with E-state index in [9.17, 15) is 14.3 Å². The van der Waals surface area contributed by atoms with Crippen LogP contribution >= 0.6 is 15.9 Å². The van der Waals surface area contributed by atoms with E-state index in [-0.39, 0.29) is 16.0 Å². The molecule has 1 atom stereocenters. The lowest BCUT2D eigenvalue weighted by atomic mass is 9.82. The van der Waals surface area contributed by atoms with Gasteiger partial charge in [0.2, 0.25) is 0 Å². The van der Waals surface area contributed by atoms with Crippen molar-refractivity contribution in [1.29, 1.82) is 0 Å². The maximum Gasteiger partial charge on any atom is 0.194 e. The minimum absolute atomic E-state index is 0.0235. The van der Waals surface area contributed by atoms with Crippen LogP contribution in [0.4, 0.5) is 4.39 Å². The van der Waals surface area contributed by atoms with Crippen LogP contribution in [0.15, 0.2) is 22.7 Å². The van der Waals surface area contributed by atoms with Crippen molar-refractivity contribution >= 4 is 21.7 Å². The molecule has 1 aromatic carbocycles. The summed E-state index contributed by atoms with van der Waals surface area (Å²) in [6, 6.07) is 4.57. The van der Waals surface area contributed by atoms with Crippen LogP contribution in [0.2, 0.25) is 0 Å². The fraction of sp³-hybridized carbons (Fsp3) is 0.500. The highest BCUT2D eigenvalue weighted by Crippen LogP contribution is 2.29. The van der Waals surface area contributed by atoms with Gasteiger partial charge in [0.15, 0.2) is 5.78 Å². The Morgan fingerprint density at radius 3 is 2.67 bits per heavy atom. The molecule has 1 unspecified atom stereocenters. The lowest BCUT2D eigenvalue weighted by Crippen LogP contribution is -2.31. The predicted molar refractivity (Wildman–Crippen MR) is 71.0 cm³/mol. The van der Waals surface area contributed by atoms with Crippen LogP contribution in [0.1, 0.15) is 42.5 Å². The van der Waals surface area contributed by atoms with E-state index in [1.807, 2.05) is 0 Å². The molecule has 1 saturated carbocycles. The van der Waals surface area contributed by atoms with Crippen LogP contribution in [0.5, 0.6) is 0 Å². The second kappa shape index (κ2) is 5.93. The van der Waals surface area contributed by atoms with Crippen LogP contribution in [-0.2, 0) is 0 Å². The molecule has 0 aromatic heterocycles. The number of carbonyl (C=O) groups is 1. The molecule has 0 amide bonds. The van der Waals surface area contributed by atoms with Crippen LogP contribution in [0.25, 0.3) is 0 Å². The first kappa shape index (κ1) is 13.7. The number of ketones is 1. The maximum atomic E-state index is 13.8. The van der Waals surface area contributed by atoms with Crippen LogP contribution in [-0.4, -0.2) is 17.0 Å². The highest BCUT2D eigenvalue weighted by molar-refractivity contribution is 9.10. The first-order valence-electron chi connectivity index (χ1n) is 6.27. The van der Waals surface area contributed by atoms with Crippen molar-refractivity contribution in [2.45, 2.75) is 38.2 Å². The predicted octanol–water partition coefficient (Wildman–Crippen LogP) is 3.71. The van der Waals surface area contributed by atoms with Crippen LogP contribution in [0, 0.1) is 11.7 Å². The summed E-state index contributed by atoms with van der Waals surface area (Å²) >= 11 is 3.05. The largest absolute Gasteiger partial charge is 0.385 e. The summed E-state index contributed by atoms with van der Waals surface area (Å²) < 4.78 is 14.1. The fourth-order valence-corrected chi connectivity index (χ4v) is 2.88. The van der Waals surface area contributed by atoms with E-state index < -0.39 is 17.7 Å². The van der Waals surface area contributed by atoms with Crippen molar-refractivity contribution in [1.82, 2.24) is 0 Å². The molecule has 0 spiro atoms. The summed E-state index contributed by atoms with van der Waals surface area (Å²) in [6.45, 7) is 0. The summed E-state index contributed by atoms with van der Waals surface area (Å²) in [5, 5.41) is 10.1. The molecule has 1 aliphatic carbocycles. The zero-order chi connectivity index (χ0) is 13.1. The monoisotopic (exact) mass is 314 g/mol. The van der Waals surface area contributed by atoms with Gasteiger partial charge in [0.1, 0.15) is 11.9 Å². The Balaban J connectivity index is 2.17. The Hall–Kier alpha value is -0.740. The third-order valence-electron chi connectivity index (χ3n) is 3.58. The Labute approximate surface area is 114 Å². The molecule has 1 fully saturated rings. The molecule has 18 heavy (non-hydrogen) atoms. The van der Waals surface area contributed by atoms with E-state index >= 15 is 0 Å². The lowest BCUT2D eigenvalue weighted by Gasteiger charge is -2.25. The number of rotatable bonds is 3. The van der Waals surface area contributed by atoms with Crippen molar-refractivity contribution in [3.05, 3.63) is 34.1 Å². The van der Waals surface area contributed by atoms with Gasteiger partial charge in [-0.2, -0.15) is 0 Å². The van der Waals surface area contributed by atoms with E-state index in [0.717, 1.165) is 32.1 Å². The van der Waals surface area contributed by atoms with Gasteiger partial charge in [-0.05, 0) is 46.8 Å². The minimum Gasteiger partial charge on any atom is -0.385 e. The third-order valence-corrected chi connectivity index (χ3v) is 4.19. The standard InChI is InChI=1S/C14H16BrFO2/c15-11-8-4-7-10(12(11)16)14(18)13(17)9-5-2-1-3-6-9/h4,7-9,13,17H,1-3,5-6H2. The number of aliphatic hydroxyl groups is 1. The number of hydrogen-bond donors (Lipinski definition) is 1. The minimum atomic E-state index is -1.07. The molecule has 98 valence electrons. The quantitative estimate of drug-likeness (QED) is 0.863. The molecule has 0 radical (unpaired) electrons. The number of Topliss-reactive ketones (excluding diaryl/α,β-unsaturated/α-hetero) is 1. The van der Waals surface area contributed by atoms with Crippen molar-refractivity contribution in [3.63, 3.8) is 0 Å². The van der Waals surface area contributed by atoms with Gasteiger partial charge in [-0.3, -0.25) is 4.79 Å². The Bertz CT molecular complexity index is 441. The van der Waals surface area contributed by atoms with E-state index in [1.54, 1.807) is 12.1 Å². The van der Waals surface area contributed by atoms with Gasteiger partial charge < -0.3 is 5.11 Å². The molecule has 0 heterocycles. The number of benzene rings is 1. The number of carbonyl (C=O) groups excluding carboxylic acids is 1. The number of aliphatic hydroxyl groups excluding tert-OH is 1. The lowest BCUT2D eigenvalue weighted by molar-refractivity contribution is 0.0530. The van der Waals surface area contributed by atoms with Crippen molar-refractivity contribution in [2.24, 2.45) is 5.92 Å². The second-order valence-corrected chi connectivity index (χ2v) is 5.66. The Morgan fingerprint density at radius 2 is 2.00 bits per heavy atom. The third kappa shape index (κ3) is 2.81. The smallest absolute Gasteiger partial charge is 0.194 e. The molecule has 0 saturated heterocycles. The van der Waals surface area contributed by atoms with Gasteiger partial charge in [0.05, 0.1) is 10.0 Å².